The Labute approximate surface area is 189 Å². The Morgan fingerprint density at radius 1 is 1.12 bits per heavy atom. The second kappa shape index (κ2) is 9.25. The highest BCUT2D eigenvalue weighted by molar-refractivity contribution is 6.20. The average molecular weight is 434 g/mol. The van der Waals surface area contributed by atoms with Crippen molar-refractivity contribution >= 4 is 23.2 Å². The quantitative estimate of drug-likeness (QED) is 0.702. The van der Waals surface area contributed by atoms with E-state index in [0.717, 1.165) is 29.7 Å². The molecule has 2 aliphatic rings. The van der Waals surface area contributed by atoms with E-state index in [4.69, 9.17) is 4.99 Å². The van der Waals surface area contributed by atoms with Gasteiger partial charge in [0.25, 0.3) is 5.91 Å². The fourth-order valence-corrected chi connectivity index (χ4v) is 4.36. The van der Waals surface area contributed by atoms with Gasteiger partial charge < -0.3 is 15.3 Å². The van der Waals surface area contributed by atoms with E-state index in [-0.39, 0.29) is 23.7 Å². The molecule has 2 amide bonds. The molecule has 1 saturated carbocycles. The Hall–Kier alpha value is -2.99. The zero-order valence-corrected chi connectivity index (χ0v) is 18.9. The maximum Gasteiger partial charge on any atom is 0.272 e. The van der Waals surface area contributed by atoms with Crippen molar-refractivity contribution in [3.63, 3.8) is 0 Å². The molecule has 2 aromatic rings. The number of nitrogens with zero attached hydrogens (tertiary/aromatic N) is 2. The molecule has 1 aliphatic carbocycles. The van der Waals surface area contributed by atoms with Gasteiger partial charge in [0, 0.05) is 18.2 Å². The van der Waals surface area contributed by atoms with Crippen molar-refractivity contribution in [1.29, 1.82) is 0 Å². The van der Waals surface area contributed by atoms with Crippen LogP contribution < -0.4 is 10.2 Å². The first-order valence-corrected chi connectivity index (χ1v) is 11.4. The Kier molecular flexibility index (Phi) is 6.42. The molecular weight excluding hydrogens is 402 g/mol. The van der Waals surface area contributed by atoms with Gasteiger partial charge in [0.1, 0.15) is 0 Å². The summed E-state index contributed by atoms with van der Waals surface area (Å²) >= 11 is 0. The predicted molar refractivity (Wildman–Crippen MR) is 126 cm³/mol. The Bertz CT molecular complexity index is 1010. The highest BCUT2D eigenvalue weighted by Gasteiger charge is 2.40. The molecular formula is C26H31N3O3. The molecule has 0 spiro atoms. The molecule has 0 saturated heterocycles. The number of benzene rings is 2. The molecule has 0 bridgehead atoms. The van der Waals surface area contributed by atoms with Gasteiger partial charge in [-0.15, -0.1) is 0 Å². The number of carbonyl (C=O) groups is 2. The van der Waals surface area contributed by atoms with Crippen molar-refractivity contribution in [2.24, 2.45) is 22.7 Å². The van der Waals surface area contributed by atoms with Crippen LogP contribution in [0.5, 0.6) is 0 Å². The second-order valence-corrected chi connectivity index (χ2v) is 9.23. The smallest absolute Gasteiger partial charge is 0.272 e. The monoisotopic (exact) mass is 433 g/mol. The Balaban J connectivity index is 1.69. The number of anilines is 1. The topological polar surface area (TPSA) is 82.0 Å². The molecule has 2 aromatic carbocycles. The van der Waals surface area contributed by atoms with Crippen LogP contribution in [0.15, 0.2) is 59.6 Å². The van der Waals surface area contributed by atoms with Crippen molar-refractivity contribution in [2.75, 3.05) is 11.9 Å². The first kappa shape index (κ1) is 22.2. The van der Waals surface area contributed by atoms with Crippen molar-refractivity contribution in [3.8, 4) is 0 Å². The maximum absolute atomic E-state index is 13.3. The maximum atomic E-state index is 13.3. The molecule has 6 nitrogen and oxygen atoms in total. The van der Waals surface area contributed by atoms with Crippen molar-refractivity contribution in [3.05, 3.63) is 65.7 Å². The molecule has 1 fully saturated rings. The molecule has 32 heavy (non-hydrogen) atoms. The highest BCUT2D eigenvalue weighted by atomic mass is 16.3. The van der Waals surface area contributed by atoms with Gasteiger partial charge in [-0.2, -0.15) is 0 Å². The van der Waals surface area contributed by atoms with Crippen LogP contribution in [0.1, 0.15) is 44.2 Å². The van der Waals surface area contributed by atoms with E-state index in [1.165, 1.54) is 0 Å². The molecule has 2 N–H and O–H groups in total. The number of nitrogens with one attached hydrogen (secondary N) is 1. The van der Waals surface area contributed by atoms with Gasteiger partial charge in [-0.05, 0) is 37.2 Å². The molecule has 2 unspecified atom stereocenters. The minimum Gasteiger partial charge on any atom is -0.392 e. The van der Waals surface area contributed by atoms with Crippen molar-refractivity contribution < 1.29 is 14.7 Å². The van der Waals surface area contributed by atoms with E-state index < -0.39 is 18.2 Å². The third kappa shape index (κ3) is 4.60. The third-order valence-corrected chi connectivity index (χ3v) is 6.25. The summed E-state index contributed by atoms with van der Waals surface area (Å²) in [6.07, 6.45) is 0.705. The summed E-state index contributed by atoms with van der Waals surface area (Å²) in [6.45, 7) is 4.07. The first-order chi connectivity index (χ1) is 15.4. The number of rotatable bonds is 7. The first-order valence-electron chi connectivity index (χ1n) is 11.4. The van der Waals surface area contributed by atoms with Crippen LogP contribution in [-0.4, -0.2) is 41.9 Å². The number of aliphatic hydroxyl groups is 1. The van der Waals surface area contributed by atoms with E-state index in [2.05, 4.69) is 5.32 Å². The number of aliphatic hydroxyl groups excluding tert-OH is 1. The second-order valence-electron chi connectivity index (χ2n) is 9.23. The van der Waals surface area contributed by atoms with Gasteiger partial charge in [0.15, 0.2) is 0 Å². The number of hydrogen-bond donors (Lipinski definition) is 2. The summed E-state index contributed by atoms with van der Waals surface area (Å²) in [5.41, 5.74) is 3.11. The largest absolute Gasteiger partial charge is 0.392 e. The number of likely N-dealkylation sites (N-methyl/N-ethyl adjacent to an activating group) is 1. The summed E-state index contributed by atoms with van der Waals surface area (Å²) < 4.78 is 0. The van der Waals surface area contributed by atoms with Crippen LogP contribution in [0.25, 0.3) is 0 Å². The highest BCUT2D eigenvalue weighted by Crippen LogP contribution is 2.37. The summed E-state index contributed by atoms with van der Waals surface area (Å²) in [5.74, 6) is -0.751. The Morgan fingerprint density at radius 2 is 1.78 bits per heavy atom. The molecule has 1 aliphatic heterocycles. The van der Waals surface area contributed by atoms with Crippen molar-refractivity contribution in [1.82, 2.24) is 5.32 Å². The lowest BCUT2D eigenvalue weighted by Crippen LogP contribution is -2.50. The number of hydrogen-bond acceptors (Lipinski definition) is 4. The average Bonchev–Trinajstić information content (AvgIpc) is 3.65. The van der Waals surface area contributed by atoms with E-state index in [1.807, 2.05) is 68.4 Å². The third-order valence-electron chi connectivity index (χ3n) is 6.25. The SMILES string of the molecule is CC(C)C[C@@H](C(=O)NC1N=C(c2ccccc2)c2ccccc2N(C)C1=O)C(O)C1CC1. The molecule has 3 atom stereocenters. The lowest BCUT2D eigenvalue weighted by molar-refractivity contribution is -0.133. The van der Waals surface area contributed by atoms with E-state index >= 15 is 0 Å². The van der Waals surface area contributed by atoms with Gasteiger partial charge in [-0.1, -0.05) is 62.4 Å². The number of benzodiazepines with no additional fused rings is 1. The molecule has 0 radical (unpaired) electrons. The van der Waals surface area contributed by atoms with Gasteiger partial charge in [-0.25, -0.2) is 4.99 Å². The summed E-state index contributed by atoms with van der Waals surface area (Å²) in [6, 6.07) is 17.3. The van der Waals surface area contributed by atoms with Crippen LogP contribution in [0.2, 0.25) is 0 Å². The fourth-order valence-electron chi connectivity index (χ4n) is 4.36. The standard InChI is InChI=1S/C26H31N3O3/c1-16(2)15-20(23(30)18-13-14-18)25(31)28-24-26(32)29(3)21-12-8-7-11-19(21)22(27-24)17-9-5-4-6-10-17/h4-12,16,18,20,23-24,30H,13-15H2,1-3H3,(H,28,31)/t20-,23?,24?/m1/s1. The zero-order chi connectivity index (χ0) is 22.8. The molecule has 168 valence electrons. The zero-order valence-electron chi connectivity index (χ0n) is 18.9. The normalized spacial score (nSPS) is 20.3. The van der Waals surface area contributed by atoms with Crippen molar-refractivity contribution in [2.45, 2.75) is 45.4 Å². The van der Waals surface area contributed by atoms with Crippen LogP contribution in [-0.2, 0) is 9.59 Å². The molecule has 1 heterocycles. The van der Waals surface area contributed by atoms with Gasteiger partial charge in [0.05, 0.1) is 23.4 Å². The minimum absolute atomic E-state index is 0.171. The number of aliphatic imine (C=N–C) groups is 1. The predicted octanol–water partition coefficient (Wildman–Crippen LogP) is 3.38. The minimum atomic E-state index is -1.06. The lowest BCUT2D eigenvalue weighted by atomic mass is 9.89. The summed E-state index contributed by atoms with van der Waals surface area (Å²) in [7, 11) is 1.70. The van der Waals surface area contributed by atoms with E-state index in [0.29, 0.717) is 12.1 Å². The summed E-state index contributed by atoms with van der Waals surface area (Å²) in [5, 5.41) is 13.6. The van der Waals surface area contributed by atoms with Crippen LogP contribution >= 0.6 is 0 Å². The fraction of sp³-hybridized carbons (Fsp3) is 0.423. The number of para-hydroxylation sites is 1. The van der Waals surface area contributed by atoms with E-state index in [1.54, 1.807) is 11.9 Å². The molecule has 6 heteroatoms. The van der Waals surface area contributed by atoms with Gasteiger partial charge in [0.2, 0.25) is 12.1 Å². The van der Waals surface area contributed by atoms with Gasteiger partial charge >= 0.3 is 0 Å². The van der Waals surface area contributed by atoms with Crippen LogP contribution in [0, 0.1) is 17.8 Å². The molecule has 0 aromatic heterocycles. The lowest BCUT2D eigenvalue weighted by Gasteiger charge is -2.26. The number of amides is 2. The molecule has 4 rings (SSSR count). The van der Waals surface area contributed by atoms with Crippen LogP contribution in [0.4, 0.5) is 5.69 Å². The summed E-state index contributed by atoms with van der Waals surface area (Å²) in [4.78, 5) is 32.9. The van der Waals surface area contributed by atoms with Crippen LogP contribution in [0.3, 0.4) is 0 Å². The Morgan fingerprint density at radius 3 is 2.44 bits per heavy atom. The number of carbonyl (C=O) groups excluding carboxylic acids is 2. The van der Waals surface area contributed by atoms with E-state index in [9.17, 15) is 14.7 Å². The number of fused-ring (bicyclic) bond motifs is 1. The van der Waals surface area contributed by atoms with Gasteiger partial charge in [-0.3, -0.25) is 9.59 Å².